The molecule has 1 atom stereocenters. The highest BCUT2D eigenvalue weighted by molar-refractivity contribution is 9.10. The fourth-order valence-electron chi connectivity index (χ4n) is 1.92. The maximum Gasteiger partial charge on any atom is 0.175 e. The largest absolute Gasteiger partial charge is 0.493 e. The molecule has 0 spiro atoms. The van der Waals surface area contributed by atoms with E-state index >= 15 is 0 Å². The third-order valence-electron chi connectivity index (χ3n) is 2.79. The number of hydrogen-bond donors (Lipinski definition) is 1. The predicted molar refractivity (Wildman–Crippen MR) is 68.8 cm³/mol. The molecule has 0 radical (unpaired) electrons. The van der Waals surface area contributed by atoms with E-state index in [0.717, 1.165) is 29.7 Å². The molecule has 1 N–H and O–H groups in total. The quantitative estimate of drug-likeness (QED) is 0.928. The van der Waals surface area contributed by atoms with Gasteiger partial charge in [0.25, 0.3) is 0 Å². The molecule has 0 bridgehead atoms. The highest BCUT2D eigenvalue weighted by atomic mass is 79.9. The summed E-state index contributed by atoms with van der Waals surface area (Å²) in [7, 11) is 3.26. The van der Waals surface area contributed by atoms with Gasteiger partial charge in [-0.1, -0.05) is 6.07 Å². The Morgan fingerprint density at radius 2 is 2.18 bits per heavy atom. The Balaban J connectivity index is 2.34. The Bertz CT molecular complexity index is 392. The summed E-state index contributed by atoms with van der Waals surface area (Å²) in [6.07, 6.45) is 0.0536. The maximum absolute atomic E-state index is 5.73. The van der Waals surface area contributed by atoms with Gasteiger partial charge in [-0.15, -0.1) is 0 Å². The Hall–Kier alpha value is -0.780. The first-order valence-corrected chi connectivity index (χ1v) is 6.30. The molecule has 1 aromatic rings. The molecule has 17 heavy (non-hydrogen) atoms. The number of methoxy groups -OCH3 is 2. The second kappa shape index (κ2) is 5.71. The van der Waals surface area contributed by atoms with Gasteiger partial charge in [-0.3, -0.25) is 0 Å². The lowest BCUT2D eigenvalue weighted by Crippen LogP contribution is -2.33. The van der Waals surface area contributed by atoms with Crippen molar-refractivity contribution in [1.29, 1.82) is 0 Å². The van der Waals surface area contributed by atoms with Crippen molar-refractivity contribution < 1.29 is 14.2 Å². The van der Waals surface area contributed by atoms with Crippen LogP contribution in [0.1, 0.15) is 11.7 Å². The first-order chi connectivity index (χ1) is 8.27. The molecule has 94 valence electrons. The lowest BCUT2D eigenvalue weighted by molar-refractivity contribution is 0.0271. The summed E-state index contributed by atoms with van der Waals surface area (Å²) in [5.74, 6) is 1.42. The Morgan fingerprint density at radius 3 is 2.76 bits per heavy atom. The van der Waals surface area contributed by atoms with Gasteiger partial charge in [0.05, 0.1) is 31.4 Å². The van der Waals surface area contributed by atoms with Crippen LogP contribution < -0.4 is 14.8 Å². The van der Waals surface area contributed by atoms with Gasteiger partial charge in [0.15, 0.2) is 11.5 Å². The molecule has 1 aliphatic heterocycles. The predicted octanol–water partition coefficient (Wildman–Crippen LogP) is 2.13. The molecular weight excluding hydrogens is 286 g/mol. The van der Waals surface area contributed by atoms with Gasteiger partial charge in [-0.2, -0.15) is 0 Å². The number of halogens is 1. The number of hydrogen-bond acceptors (Lipinski definition) is 4. The van der Waals surface area contributed by atoms with Gasteiger partial charge in [0.1, 0.15) is 0 Å². The van der Waals surface area contributed by atoms with E-state index in [1.807, 2.05) is 12.1 Å². The van der Waals surface area contributed by atoms with E-state index < -0.39 is 0 Å². The second-order valence-corrected chi connectivity index (χ2v) is 4.56. The van der Waals surface area contributed by atoms with Gasteiger partial charge in [-0.05, 0) is 22.0 Å². The molecule has 1 unspecified atom stereocenters. The average Bonchev–Trinajstić information content (AvgIpc) is 2.39. The normalized spacial score (nSPS) is 20.1. The van der Waals surface area contributed by atoms with Crippen LogP contribution in [0.4, 0.5) is 0 Å². The SMILES string of the molecule is COc1ccc(C2CNCCO2)c(Br)c1OC. The molecule has 1 fully saturated rings. The molecule has 2 rings (SSSR count). The van der Waals surface area contributed by atoms with Crippen LogP contribution in [0.2, 0.25) is 0 Å². The lowest BCUT2D eigenvalue weighted by Gasteiger charge is -2.25. The van der Waals surface area contributed by atoms with Crippen molar-refractivity contribution in [1.82, 2.24) is 5.32 Å². The number of nitrogens with one attached hydrogen (secondary N) is 1. The molecule has 1 aliphatic rings. The number of rotatable bonds is 3. The van der Waals surface area contributed by atoms with E-state index in [-0.39, 0.29) is 6.10 Å². The number of ether oxygens (including phenoxy) is 3. The number of morpholine rings is 1. The van der Waals surface area contributed by atoms with Crippen molar-refractivity contribution >= 4 is 15.9 Å². The van der Waals surface area contributed by atoms with Gasteiger partial charge in [0, 0.05) is 18.7 Å². The van der Waals surface area contributed by atoms with Crippen LogP contribution in [-0.4, -0.2) is 33.9 Å². The fourth-order valence-corrected chi connectivity index (χ4v) is 2.66. The molecule has 4 nitrogen and oxygen atoms in total. The molecule has 1 aromatic carbocycles. The average molecular weight is 302 g/mol. The van der Waals surface area contributed by atoms with Gasteiger partial charge in [-0.25, -0.2) is 0 Å². The molecular formula is C12H16BrNO3. The smallest absolute Gasteiger partial charge is 0.175 e. The number of benzene rings is 1. The minimum Gasteiger partial charge on any atom is -0.493 e. The van der Waals surface area contributed by atoms with Crippen LogP contribution in [0.3, 0.4) is 0 Å². The Morgan fingerprint density at radius 1 is 1.35 bits per heavy atom. The molecule has 0 aliphatic carbocycles. The van der Waals surface area contributed by atoms with Crippen LogP contribution in [0.5, 0.6) is 11.5 Å². The standard InChI is InChI=1S/C12H16BrNO3/c1-15-9-4-3-8(11(13)12(9)16-2)10-7-14-5-6-17-10/h3-4,10,14H,5-7H2,1-2H3. The molecule has 0 aromatic heterocycles. The third-order valence-corrected chi connectivity index (χ3v) is 3.61. The summed E-state index contributed by atoms with van der Waals surface area (Å²) in [6.45, 7) is 2.45. The van der Waals surface area contributed by atoms with Gasteiger partial charge in [0.2, 0.25) is 0 Å². The Kier molecular flexibility index (Phi) is 4.25. The van der Waals surface area contributed by atoms with Gasteiger partial charge < -0.3 is 19.5 Å². The monoisotopic (exact) mass is 301 g/mol. The third kappa shape index (κ3) is 2.56. The van der Waals surface area contributed by atoms with E-state index in [1.54, 1.807) is 14.2 Å². The van der Waals surface area contributed by atoms with Crippen LogP contribution in [0.15, 0.2) is 16.6 Å². The summed E-state index contributed by atoms with van der Waals surface area (Å²) in [5.41, 5.74) is 1.08. The summed E-state index contributed by atoms with van der Waals surface area (Å²) in [4.78, 5) is 0. The highest BCUT2D eigenvalue weighted by Crippen LogP contribution is 2.40. The molecule has 0 amide bonds. The fraction of sp³-hybridized carbons (Fsp3) is 0.500. The van der Waals surface area contributed by atoms with Crippen molar-refractivity contribution in [2.75, 3.05) is 33.9 Å². The maximum atomic E-state index is 5.73. The summed E-state index contributed by atoms with van der Waals surface area (Å²) < 4.78 is 17.2. The van der Waals surface area contributed by atoms with Gasteiger partial charge >= 0.3 is 0 Å². The molecule has 1 heterocycles. The summed E-state index contributed by atoms with van der Waals surface area (Å²) in [5, 5.41) is 3.31. The second-order valence-electron chi connectivity index (χ2n) is 3.77. The van der Waals surface area contributed by atoms with Crippen molar-refractivity contribution in [3.8, 4) is 11.5 Å². The van der Waals surface area contributed by atoms with E-state index in [9.17, 15) is 0 Å². The van der Waals surface area contributed by atoms with Crippen LogP contribution in [0, 0.1) is 0 Å². The van der Waals surface area contributed by atoms with E-state index in [4.69, 9.17) is 14.2 Å². The zero-order valence-corrected chi connectivity index (χ0v) is 11.5. The van der Waals surface area contributed by atoms with Crippen molar-refractivity contribution in [2.45, 2.75) is 6.10 Å². The van der Waals surface area contributed by atoms with E-state index in [2.05, 4.69) is 21.2 Å². The molecule has 1 saturated heterocycles. The zero-order valence-electron chi connectivity index (χ0n) is 9.96. The van der Waals surface area contributed by atoms with Crippen LogP contribution in [0.25, 0.3) is 0 Å². The van der Waals surface area contributed by atoms with Crippen molar-refractivity contribution in [3.63, 3.8) is 0 Å². The molecule has 5 heteroatoms. The minimum atomic E-state index is 0.0536. The highest BCUT2D eigenvalue weighted by Gasteiger charge is 2.22. The van der Waals surface area contributed by atoms with Crippen molar-refractivity contribution in [2.24, 2.45) is 0 Å². The molecule has 0 saturated carbocycles. The summed E-state index contributed by atoms with van der Waals surface area (Å²) >= 11 is 3.56. The van der Waals surface area contributed by atoms with E-state index in [1.165, 1.54) is 0 Å². The summed E-state index contributed by atoms with van der Waals surface area (Å²) in [6, 6.07) is 3.90. The van der Waals surface area contributed by atoms with Crippen LogP contribution >= 0.6 is 15.9 Å². The first-order valence-electron chi connectivity index (χ1n) is 5.50. The lowest BCUT2D eigenvalue weighted by atomic mass is 10.1. The topological polar surface area (TPSA) is 39.7 Å². The van der Waals surface area contributed by atoms with Crippen LogP contribution in [-0.2, 0) is 4.74 Å². The van der Waals surface area contributed by atoms with Crippen molar-refractivity contribution in [3.05, 3.63) is 22.2 Å². The zero-order chi connectivity index (χ0) is 12.3. The first kappa shape index (κ1) is 12.7. The minimum absolute atomic E-state index is 0.0536. The Labute approximate surface area is 109 Å². The van der Waals surface area contributed by atoms with E-state index in [0.29, 0.717) is 11.5 Å².